The Labute approximate surface area is 126 Å². The number of pyridine rings is 1. The van der Waals surface area contributed by atoms with E-state index in [4.69, 9.17) is 4.74 Å². The van der Waals surface area contributed by atoms with Crippen LogP contribution in [0, 0.1) is 5.92 Å². The van der Waals surface area contributed by atoms with E-state index in [-0.39, 0.29) is 0 Å². The van der Waals surface area contributed by atoms with Crippen LogP contribution in [0.2, 0.25) is 0 Å². The van der Waals surface area contributed by atoms with E-state index in [9.17, 15) is 13.2 Å². The van der Waals surface area contributed by atoms with Gasteiger partial charge in [0.15, 0.2) is 0 Å². The van der Waals surface area contributed by atoms with Crippen LogP contribution in [-0.4, -0.2) is 24.7 Å². The molecule has 3 rings (SSSR count). The number of anilines is 1. The zero-order valence-corrected chi connectivity index (χ0v) is 12.0. The number of nitrogens with one attached hydrogen (secondary N) is 1. The van der Waals surface area contributed by atoms with Crippen LogP contribution in [0.4, 0.5) is 18.9 Å². The molecule has 0 spiro atoms. The van der Waals surface area contributed by atoms with Crippen molar-refractivity contribution >= 4 is 16.6 Å². The number of hydrogen-bond acceptors (Lipinski definition) is 3. The third kappa shape index (κ3) is 3.68. The van der Waals surface area contributed by atoms with Crippen LogP contribution in [0.5, 0.6) is 0 Å². The van der Waals surface area contributed by atoms with Crippen LogP contribution in [0.3, 0.4) is 0 Å². The summed E-state index contributed by atoms with van der Waals surface area (Å²) < 4.78 is 43.7. The Hall–Kier alpha value is -1.82. The fourth-order valence-electron chi connectivity index (χ4n) is 2.27. The van der Waals surface area contributed by atoms with Gasteiger partial charge in [0.25, 0.3) is 0 Å². The molecule has 1 aromatic heterocycles. The quantitative estimate of drug-likeness (QED) is 0.816. The number of hydrogen-bond donors (Lipinski definition) is 1. The number of fused-ring (bicyclic) bond motifs is 1. The molecule has 0 amide bonds. The Morgan fingerprint density at radius 3 is 2.77 bits per heavy atom. The zero-order valence-electron chi connectivity index (χ0n) is 12.0. The molecule has 0 bridgehead atoms. The lowest BCUT2D eigenvalue weighted by Crippen LogP contribution is -2.11. The van der Waals surface area contributed by atoms with Crippen LogP contribution in [0.1, 0.15) is 18.4 Å². The first-order valence-corrected chi connectivity index (χ1v) is 7.31. The van der Waals surface area contributed by atoms with E-state index in [1.54, 1.807) is 6.07 Å². The summed E-state index contributed by atoms with van der Waals surface area (Å²) in [4.78, 5) is 4.02. The predicted molar refractivity (Wildman–Crippen MR) is 78.8 cm³/mol. The van der Waals surface area contributed by atoms with E-state index in [0.717, 1.165) is 30.3 Å². The molecule has 0 atom stereocenters. The van der Waals surface area contributed by atoms with Crippen molar-refractivity contribution in [2.75, 3.05) is 25.1 Å². The molecule has 1 aliphatic rings. The first-order chi connectivity index (χ1) is 10.5. The topological polar surface area (TPSA) is 34.1 Å². The summed E-state index contributed by atoms with van der Waals surface area (Å²) in [5.41, 5.74) is 0.421. The van der Waals surface area contributed by atoms with Gasteiger partial charge in [0, 0.05) is 30.4 Å². The van der Waals surface area contributed by atoms with Gasteiger partial charge in [-0.05, 0) is 37.0 Å². The summed E-state index contributed by atoms with van der Waals surface area (Å²) in [6.07, 6.45) is -0.334. The lowest BCUT2D eigenvalue weighted by Gasteiger charge is -2.11. The number of rotatable bonds is 6. The summed E-state index contributed by atoms with van der Waals surface area (Å²) in [5.74, 6) is 0.725. The van der Waals surface area contributed by atoms with Crippen LogP contribution >= 0.6 is 0 Å². The Kier molecular flexibility index (Phi) is 4.20. The summed E-state index contributed by atoms with van der Waals surface area (Å²) in [5, 5.41) is 3.87. The van der Waals surface area contributed by atoms with Crippen molar-refractivity contribution in [1.29, 1.82) is 0 Å². The molecule has 1 heterocycles. The average molecular weight is 310 g/mol. The van der Waals surface area contributed by atoms with Crippen LogP contribution in [0.15, 0.2) is 30.5 Å². The number of ether oxygens (including phenoxy) is 1. The van der Waals surface area contributed by atoms with E-state index >= 15 is 0 Å². The molecule has 1 N–H and O–H groups in total. The highest BCUT2D eigenvalue weighted by Gasteiger charge is 2.30. The van der Waals surface area contributed by atoms with Gasteiger partial charge in [-0.3, -0.25) is 4.98 Å². The Morgan fingerprint density at radius 2 is 2.05 bits per heavy atom. The smallest absolute Gasteiger partial charge is 0.382 e. The summed E-state index contributed by atoms with van der Waals surface area (Å²) in [6, 6.07) is 5.37. The molecule has 118 valence electrons. The summed E-state index contributed by atoms with van der Waals surface area (Å²) >= 11 is 0. The van der Waals surface area contributed by atoms with Gasteiger partial charge in [-0.15, -0.1) is 0 Å². The number of benzene rings is 1. The average Bonchev–Trinajstić information content (AvgIpc) is 3.30. The van der Waals surface area contributed by atoms with Crippen molar-refractivity contribution in [1.82, 2.24) is 4.98 Å². The molecule has 2 aromatic rings. The lowest BCUT2D eigenvalue weighted by atomic mass is 10.1. The van der Waals surface area contributed by atoms with Gasteiger partial charge in [-0.25, -0.2) is 0 Å². The van der Waals surface area contributed by atoms with Gasteiger partial charge >= 0.3 is 6.18 Å². The molecule has 1 fully saturated rings. The molecule has 3 nitrogen and oxygen atoms in total. The predicted octanol–water partition coefficient (Wildman–Crippen LogP) is 4.09. The summed E-state index contributed by atoms with van der Waals surface area (Å²) in [6.45, 7) is 2.00. The molecular formula is C16H17F3N2O. The number of halogens is 3. The number of nitrogens with zero attached hydrogens (tertiary/aromatic N) is 1. The van der Waals surface area contributed by atoms with Gasteiger partial charge in [0.2, 0.25) is 0 Å². The molecule has 0 unspecified atom stereocenters. The Bertz CT molecular complexity index is 653. The first-order valence-electron chi connectivity index (χ1n) is 7.31. The lowest BCUT2D eigenvalue weighted by molar-refractivity contribution is -0.137. The van der Waals surface area contributed by atoms with Gasteiger partial charge in [0.05, 0.1) is 17.7 Å². The minimum absolute atomic E-state index is 0.332. The maximum Gasteiger partial charge on any atom is 0.416 e. The highest BCUT2D eigenvalue weighted by Crippen LogP contribution is 2.32. The van der Waals surface area contributed by atoms with Gasteiger partial charge in [0.1, 0.15) is 0 Å². The molecule has 1 saturated carbocycles. The minimum atomic E-state index is -4.35. The maximum atomic E-state index is 12.7. The molecular weight excluding hydrogens is 293 g/mol. The normalized spacial score (nSPS) is 15.2. The monoisotopic (exact) mass is 310 g/mol. The standard InChI is InChI=1S/C16H17F3N2O/c17-16(18,19)12-3-4-13-14(5-6-20-15(13)9-12)21-7-8-22-10-11-1-2-11/h3-6,9,11H,1-2,7-8,10H2,(H,20,21). The van der Waals surface area contributed by atoms with Crippen molar-refractivity contribution in [3.8, 4) is 0 Å². The fraction of sp³-hybridized carbons (Fsp3) is 0.438. The third-order valence-corrected chi connectivity index (χ3v) is 3.68. The molecule has 1 aromatic carbocycles. The number of alkyl halides is 3. The molecule has 0 radical (unpaired) electrons. The third-order valence-electron chi connectivity index (χ3n) is 3.68. The first kappa shape index (κ1) is 15.1. The van der Waals surface area contributed by atoms with Crippen LogP contribution < -0.4 is 5.32 Å². The van der Waals surface area contributed by atoms with Crippen molar-refractivity contribution in [3.05, 3.63) is 36.0 Å². The zero-order chi connectivity index (χ0) is 15.6. The van der Waals surface area contributed by atoms with E-state index < -0.39 is 11.7 Å². The van der Waals surface area contributed by atoms with E-state index in [1.807, 2.05) is 0 Å². The fourth-order valence-corrected chi connectivity index (χ4v) is 2.27. The summed E-state index contributed by atoms with van der Waals surface area (Å²) in [7, 11) is 0. The largest absolute Gasteiger partial charge is 0.416 e. The second-order valence-corrected chi connectivity index (χ2v) is 5.53. The highest BCUT2D eigenvalue weighted by atomic mass is 19.4. The Morgan fingerprint density at radius 1 is 1.23 bits per heavy atom. The molecule has 1 aliphatic carbocycles. The maximum absolute atomic E-state index is 12.7. The second-order valence-electron chi connectivity index (χ2n) is 5.53. The second kappa shape index (κ2) is 6.12. The SMILES string of the molecule is FC(F)(F)c1ccc2c(NCCOCC3CC3)ccnc2c1. The van der Waals surface area contributed by atoms with Crippen molar-refractivity contribution in [2.24, 2.45) is 5.92 Å². The van der Waals surface area contributed by atoms with E-state index in [1.165, 1.54) is 25.1 Å². The van der Waals surface area contributed by atoms with Crippen LogP contribution in [0.25, 0.3) is 10.9 Å². The van der Waals surface area contributed by atoms with Crippen molar-refractivity contribution in [2.45, 2.75) is 19.0 Å². The van der Waals surface area contributed by atoms with E-state index in [2.05, 4.69) is 10.3 Å². The molecule has 0 saturated heterocycles. The van der Waals surface area contributed by atoms with E-state index in [0.29, 0.717) is 24.1 Å². The van der Waals surface area contributed by atoms with Gasteiger partial charge < -0.3 is 10.1 Å². The molecule has 6 heteroatoms. The van der Waals surface area contributed by atoms with Gasteiger partial charge in [-0.1, -0.05) is 6.07 Å². The minimum Gasteiger partial charge on any atom is -0.382 e. The Balaban J connectivity index is 1.67. The molecule has 0 aliphatic heterocycles. The van der Waals surface area contributed by atoms with Gasteiger partial charge in [-0.2, -0.15) is 13.2 Å². The van der Waals surface area contributed by atoms with Crippen LogP contribution in [-0.2, 0) is 10.9 Å². The molecule has 22 heavy (non-hydrogen) atoms. The van der Waals surface area contributed by atoms with Crippen molar-refractivity contribution < 1.29 is 17.9 Å². The number of aromatic nitrogens is 1. The highest BCUT2D eigenvalue weighted by molar-refractivity contribution is 5.91. The van der Waals surface area contributed by atoms with Crippen molar-refractivity contribution in [3.63, 3.8) is 0 Å².